The molecular formula is C24H22N2O5. The van der Waals surface area contributed by atoms with Crippen LogP contribution in [-0.4, -0.2) is 29.5 Å². The minimum Gasteiger partial charge on any atom is -0.483 e. The van der Waals surface area contributed by atoms with Gasteiger partial charge < -0.3 is 20.5 Å². The average Bonchev–Trinajstić information content (AvgIpc) is 2.74. The zero-order valence-electron chi connectivity index (χ0n) is 17.1. The zero-order valence-corrected chi connectivity index (χ0v) is 17.1. The number of anilines is 2. The largest absolute Gasteiger partial charge is 0.483 e. The maximum Gasteiger partial charge on any atom is 0.335 e. The number of aryl methyl sites for hydroxylation is 2. The molecule has 0 bridgehead atoms. The van der Waals surface area contributed by atoms with E-state index in [9.17, 15) is 14.4 Å². The molecular weight excluding hydrogens is 396 g/mol. The summed E-state index contributed by atoms with van der Waals surface area (Å²) >= 11 is 0. The summed E-state index contributed by atoms with van der Waals surface area (Å²) in [6, 6.07) is 18.1. The molecule has 3 aromatic carbocycles. The summed E-state index contributed by atoms with van der Waals surface area (Å²) in [5.41, 5.74) is 3.04. The Hall–Kier alpha value is -4.13. The van der Waals surface area contributed by atoms with Gasteiger partial charge in [0.15, 0.2) is 6.61 Å². The van der Waals surface area contributed by atoms with Gasteiger partial charge in [-0.15, -0.1) is 0 Å². The SMILES string of the molecule is Cc1cccc(C)c1OCC(=O)Nc1ccccc1C(=O)Nc1ccc(C(=O)O)cc1. The minimum absolute atomic E-state index is 0.120. The fourth-order valence-corrected chi connectivity index (χ4v) is 3.04. The first-order valence-electron chi connectivity index (χ1n) is 9.58. The van der Waals surface area contributed by atoms with E-state index in [4.69, 9.17) is 9.84 Å². The minimum atomic E-state index is -1.05. The number of nitrogens with one attached hydrogen (secondary N) is 2. The Morgan fingerprint density at radius 1 is 0.839 bits per heavy atom. The van der Waals surface area contributed by atoms with E-state index in [0.717, 1.165) is 11.1 Å². The van der Waals surface area contributed by atoms with E-state index in [-0.39, 0.29) is 17.7 Å². The molecule has 0 heterocycles. The Morgan fingerprint density at radius 3 is 2.13 bits per heavy atom. The first-order valence-corrected chi connectivity index (χ1v) is 9.58. The van der Waals surface area contributed by atoms with Crippen LogP contribution in [0, 0.1) is 13.8 Å². The van der Waals surface area contributed by atoms with E-state index in [1.807, 2.05) is 32.0 Å². The third kappa shape index (κ3) is 5.48. The van der Waals surface area contributed by atoms with Gasteiger partial charge in [-0.3, -0.25) is 9.59 Å². The van der Waals surface area contributed by atoms with Gasteiger partial charge in [0, 0.05) is 5.69 Å². The smallest absolute Gasteiger partial charge is 0.335 e. The van der Waals surface area contributed by atoms with Gasteiger partial charge in [0.05, 0.1) is 16.8 Å². The molecule has 0 saturated carbocycles. The van der Waals surface area contributed by atoms with Gasteiger partial charge in [-0.25, -0.2) is 4.79 Å². The Labute approximate surface area is 179 Å². The van der Waals surface area contributed by atoms with Crippen molar-refractivity contribution in [3.8, 4) is 5.75 Å². The molecule has 31 heavy (non-hydrogen) atoms. The molecule has 0 aliphatic heterocycles. The molecule has 7 heteroatoms. The van der Waals surface area contributed by atoms with Crippen molar-refractivity contribution in [1.29, 1.82) is 0 Å². The van der Waals surface area contributed by atoms with Crippen molar-refractivity contribution in [2.75, 3.05) is 17.2 Å². The van der Waals surface area contributed by atoms with Crippen molar-refractivity contribution >= 4 is 29.2 Å². The standard InChI is InChI=1S/C24H22N2O5/c1-15-6-5-7-16(2)22(15)31-14-21(27)26-20-9-4-3-8-19(20)23(28)25-18-12-10-17(11-13-18)24(29)30/h3-13H,14H2,1-2H3,(H,25,28)(H,26,27)(H,29,30). The second-order valence-electron chi connectivity index (χ2n) is 6.94. The van der Waals surface area contributed by atoms with Crippen molar-refractivity contribution in [1.82, 2.24) is 0 Å². The highest BCUT2D eigenvalue weighted by atomic mass is 16.5. The number of aromatic carboxylic acids is 1. The number of ether oxygens (including phenoxy) is 1. The van der Waals surface area contributed by atoms with Crippen LogP contribution in [0.25, 0.3) is 0 Å². The highest BCUT2D eigenvalue weighted by molar-refractivity contribution is 6.10. The molecule has 0 aliphatic carbocycles. The summed E-state index contributed by atoms with van der Waals surface area (Å²) in [6.07, 6.45) is 0. The van der Waals surface area contributed by atoms with Crippen molar-refractivity contribution in [2.45, 2.75) is 13.8 Å². The van der Waals surface area contributed by atoms with Gasteiger partial charge in [0.25, 0.3) is 11.8 Å². The monoisotopic (exact) mass is 418 g/mol. The van der Waals surface area contributed by atoms with Crippen molar-refractivity contribution < 1.29 is 24.2 Å². The lowest BCUT2D eigenvalue weighted by Crippen LogP contribution is -2.23. The van der Waals surface area contributed by atoms with Crippen LogP contribution < -0.4 is 15.4 Å². The number of rotatable bonds is 7. The number of hydrogen-bond donors (Lipinski definition) is 3. The molecule has 0 aromatic heterocycles. The molecule has 3 N–H and O–H groups in total. The normalized spacial score (nSPS) is 10.3. The third-order valence-corrected chi connectivity index (χ3v) is 4.59. The quantitative estimate of drug-likeness (QED) is 0.531. The molecule has 0 radical (unpaired) electrons. The van der Waals surface area contributed by atoms with Crippen LogP contribution in [0.5, 0.6) is 5.75 Å². The lowest BCUT2D eigenvalue weighted by Gasteiger charge is -2.14. The van der Waals surface area contributed by atoms with E-state index in [0.29, 0.717) is 17.1 Å². The summed E-state index contributed by atoms with van der Waals surface area (Å²) in [4.78, 5) is 36.1. The van der Waals surface area contributed by atoms with E-state index in [2.05, 4.69) is 10.6 Å². The Morgan fingerprint density at radius 2 is 1.48 bits per heavy atom. The van der Waals surface area contributed by atoms with Gasteiger partial charge in [-0.2, -0.15) is 0 Å². The Kier molecular flexibility index (Phi) is 6.67. The van der Waals surface area contributed by atoms with Gasteiger partial charge in [0.1, 0.15) is 5.75 Å². The number of benzene rings is 3. The van der Waals surface area contributed by atoms with Gasteiger partial charge in [0.2, 0.25) is 0 Å². The van der Waals surface area contributed by atoms with Crippen LogP contribution in [0.1, 0.15) is 31.8 Å². The van der Waals surface area contributed by atoms with Gasteiger partial charge in [-0.1, -0.05) is 30.3 Å². The highest BCUT2D eigenvalue weighted by Crippen LogP contribution is 2.23. The van der Waals surface area contributed by atoms with Crippen molar-refractivity contribution in [3.63, 3.8) is 0 Å². The number of amides is 2. The topological polar surface area (TPSA) is 105 Å². The molecule has 3 aromatic rings. The second-order valence-corrected chi connectivity index (χ2v) is 6.94. The number of hydrogen-bond acceptors (Lipinski definition) is 4. The lowest BCUT2D eigenvalue weighted by molar-refractivity contribution is -0.118. The van der Waals surface area contributed by atoms with E-state index in [1.54, 1.807) is 24.3 Å². The number of carboxylic acid groups (broad SMARTS) is 1. The summed E-state index contributed by atoms with van der Waals surface area (Å²) in [6.45, 7) is 3.62. The summed E-state index contributed by atoms with van der Waals surface area (Å²) in [5, 5.41) is 14.4. The molecule has 0 aliphatic rings. The number of carbonyl (C=O) groups is 3. The second kappa shape index (κ2) is 9.58. The maximum absolute atomic E-state index is 12.7. The summed E-state index contributed by atoms with van der Waals surface area (Å²) in [7, 11) is 0. The van der Waals surface area contributed by atoms with Crippen LogP contribution in [0.2, 0.25) is 0 Å². The van der Waals surface area contributed by atoms with Gasteiger partial charge >= 0.3 is 5.97 Å². The molecule has 7 nitrogen and oxygen atoms in total. The van der Waals surface area contributed by atoms with Gasteiger partial charge in [-0.05, 0) is 61.4 Å². The van der Waals surface area contributed by atoms with Crippen LogP contribution >= 0.6 is 0 Å². The zero-order chi connectivity index (χ0) is 22.4. The molecule has 3 rings (SSSR count). The molecule has 0 saturated heterocycles. The number of carbonyl (C=O) groups excluding carboxylic acids is 2. The molecule has 0 atom stereocenters. The molecule has 2 amide bonds. The van der Waals surface area contributed by atoms with Crippen LogP contribution in [0.3, 0.4) is 0 Å². The molecule has 158 valence electrons. The number of carboxylic acids is 1. The Balaban J connectivity index is 1.67. The predicted octanol–water partition coefficient (Wildman–Crippen LogP) is 4.27. The summed E-state index contributed by atoms with van der Waals surface area (Å²) in [5.74, 6) is -1.22. The molecule has 0 spiro atoms. The lowest BCUT2D eigenvalue weighted by atomic mass is 10.1. The van der Waals surface area contributed by atoms with Crippen LogP contribution in [-0.2, 0) is 4.79 Å². The molecule has 0 unspecified atom stereocenters. The Bertz CT molecular complexity index is 1100. The summed E-state index contributed by atoms with van der Waals surface area (Å²) < 4.78 is 5.67. The van der Waals surface area contributed by atoms with Crippen molar-refractivity contribution in [3.05, 3.63) is 89.0 Å². The number of para-hydroxylation sites is 2. The fourth-order valence-electron chi connectivity index (χ4n) is 3.04. The van der Waals surface area contributed by atoms with E-state index in [1.165, 1.54) is 24.3 Å². The maximum atomic E-state index is 12.7. The highest BCUT2D eigenvalue weighted by Gasteiger charge is 2.15. The molecule has 0 fully saturated rings. The first-order chi connectivity index (χ1) is 14.8. The van der Waals surface area contributed by atoms with Crippen molar-refractivity contribution in [2.24, 2.45) is 0 Å². The van der Waals surface area contributed by atoms with Crippen LogP contribution in [0.15, 0.2) is 66.7 Å². The fraction of sp³-hybridized carbons (Fsp3) is 0.125. The predicted molar refractivity (Wildman–Crippen MR) is 118 cm³/mol. The van der Waals surface area contributed by atoms with E-state index >= 15 is 0 Å². The average molecular weight is 418 g/mol. The van der Waals surface area contributed by atoms with E-state index < -0.39 is 17.8 Å². The third-order valence-electron chi connectivity index (χ3n) is 4.59. The van der Waals surface area contributed by atoms with Crippen LogP contribution in [0.4, 0.5) is 11.4 Å². The first kappa shape index (κ1) is 21.6.